The van der Waals surface area contributed by atoms with Gasteiger partial charge in [0.2, 0.25) is 0 Å². The number of benzene rings is 3. The van der Waals surface area contributed by atoms with Crippen molar-refractivity contribution in [2.24, 2.45) is 0 Å². The molecule has 5 rings (SSSR count). The summed E-state index contributed by atoms with van der Waals surface area (Å²) in [5.41, 5.74) is 2.38. The third-order valence-corrected chi connectivity index (χ3v) is 4.95. The number of esters is 2. The van der Waals surface area contributed by atoms with Gasteiger partial charge >= 0.3 is 11.9 Å². The highest BCUT2D eigenvalue weighted by Crippen LogP contribution is 2.27. The number of rotatable bonds is 4. The molecule has 0 bridgehead atoms. The molecule has 0 unspecified atom stereocenters. The van der Waals surface area contributed by atoms with Crippen LogP contribution in [0.25, 0.3) is 11.1 Å². The molecule has 0 spiro atoms. The highest BCUT2D eigenvalue weighted by molar-refractivity contribution is 6.21. The van der Waals surface area contributed by atoms with E-state index in [2.05, 4.69) is 0 Å². The minimum atomic E-state index is -0.430. The van der Waals surface area contributed by atoms with E-state index in [9.17, 15) is 9.59 Å². The lowest BCUT2D eigenvalue weighted by molar-refractivity contribution is -0.128. The molecule has 2 aliphatic rings. The number of carbonyl (C=O) groups excluding carboxylic acids is 2. The molecular weight excluding hydrogens is 368 g/mol. The molecule has 5 heteroatoms. The van der Waals surface area contributed by atoms with Crippen LogP contribution in [0.1, 0.15) is 18.1 Å². The number of fused-ring (bicyclic) bond motifs is 2. The van der Waals surface area contributed by atoms with Crippen LogP contribution in [0, 0.1) is 0 Å². The summed E-state index contributed by atoms with van der Waals surface area (Å²) < 4.78 is 16.5. The van der Waals surface area contributed by atoms with Gasteiger partial charge in [-0.1, -0.05) is 42.5 Å². The molecule has 0 fully saturated rings. The number of carbonyl (C=O) groups is 2. The average Bonchev–Trinajstić information content (AvgIpc) is 3.22. The van der Waals surface area contributed by atoms with E-state index in [1.807, 2.05) is 61.5 Å². The molecule has 29 heavy (non-hydrogen) atoms. The Morgan fingerprint density at radius 2 is 1.24 bits per heavy atom. The van der Waals surface area contributed by atoms with E-state index in [1.165, 1.54) is 0 Å². The Morgan fingerprint density at radius 1 is 0.724 bits per heavy atom. The van der Waals surface area contributed by atoms with Crippen LogP contribution in [0.5, 0.6) is 17.2 Å². The normalized spacial score (nSPS) is 14.4. The zero-order valence-electron chi connectivity index (χ0n) is 15.6. The lowest BCUT2D eigenvalue weighted by Gasteiger charge is -2.04. The Kier molecular flexibility index (Phi) is 3.95. The van der Waals surface area contributed by atoms with Crippen LogP contribution < -0.4 is 24.6 Å². The van der Waals surface area contributed by atoms with Gasteiger partial charge in [0.1, 0.15) is 17.2 Å². The molecule has 0 amide bonds. The highest BCUT2D eigenvalue weighted by atomic mass is 16.5. The molecule has 5 nitrogen and oxygen atoms in total. The maximum atomic E-state index is 12.6. The smallest absolute Gasteiger partial charge is 0.344 e. The van der Waals surface area contributed by atoms with Gasteiger partial charge in [-0.05, 0) is 42.3 Å². The Hall–Kier alpha value is -3.86. The molecular formula is C24H16O5. The first-order valence-electron chi connectivity index (χ1n) is 9.31. The quantitative estimate of drug-likeness (QED) is 0.510. The Morgan fingerprint density at radius 3 is 1.76 bits per heavy atom. The summed E-state index contributed by atoms with van der Waals surface area (Å²) in [6, 6.07) is 20.0. The fourth-order valence-corrected chi connectivity index (χ4v) is 3.68. The topological polar surface area (TPSA) is 61.8 Å². The van der Waals surface area contributed by atoms with Gasteiger partial charge in [0.05, 0.1) is 17.8 Å². The summed E-state index contributed by atoms with van der Waals surface area (Å²) in [7, 11) is 0. The number of hydrogen-bond acceptors (Lipinski definition) is 5. The van der Waals surface area contributed by atoms with Crippen LogP contribution in [-0.2, 0) is 9.59 Å². The summed E-state index contributed by atoms with van der Waals surface area (Å²) in [5.74, 6) is 0.733. The molecule has 0 atom stereocenters. The van der Waals surface area contributed by atoms with Crippen molar-refractivity contribution in [2.75, 3.05) is 6.61 Å². The summed E-state index contributed by atoms with van der Waals surface area (Å²) >= 11 is 0. The second-order valence-corrected chi connectivity index (χ2v) is 6.70. The lowest BCUT2D eigenvalue weighted by Crippen LogP contribution is -2.11. The van der Waals surface area contributed by atoms with E-state index in [1.54, 1.807) is 12.1 Å². The molecule has 0 saturated carbocycles. The monoisotopic (exact) mass is 384 g/mol. The van der Waals surface area contributed by atoms with Gasteiger partial charge in [0, 0.05) is 10.4 Å². The van der Waals surface area contributed by atoms with Crippen molar-refractivity contribution in [3.05, 3.63) is 88.3 Å². The molecule has 0 aliphatic carbocycles. The van der Waals surface area contributed by atoms with E-state index in [4.69, 9.17) is 14.2 Å². The second kappa shape index (κ2) is 6.63. The van der Waals surface area contributed by atoms with Crippen molar-refractivity contribution in [2.45, 2.75) is 6.92 Å². The zero-order chi connectivity index (χ0) is 20.0. The van der Waals surface area contributed by atoms with E-state index in [0.29, 0.717) is 45.3 Å². The van der Waals surface area contributed by atoms with Gasteiger partial charge in [0.15, 0.2) is 0 Å². The molecule has 142 valence electrons. The summed E-state index contributed by atoms with van der Waals surface area (Å²) in [6.07, 6.45) is 0. The first kappa shape index (κ1) is 17.3. The van der Waals surface area contributed by atoms with Crippen LogP contribution in [0.2, 0.25) is 0 Å². The van der Waals surface area contributed by atoms with Crippen LogP contribution in [0.3, 0.4) is 0 Å². The van der Waals surface area contributed by atoms with Crippen molar-refractivity contribution in [3.63, 3.8) is 0 Å². The lowest BCUT2D eigenvalue weighted by atomic mass is 10.0. The van der Waals surface area contributed by atoms with Crippen LogP contribution in [-0.4, -0.2) is 18.5 Å². The largest absolute Gasteiger partial charge is 0.494 e. The maximum absolute atomic E-state index is 12.6. The SMILES string of the molecule is CCOc1ccc(C2=c3cc4c(cc3OC2=O)=C(c2ccccc2)C(=O)O4)cc1. The summed E-state index contributed by atoms with van der Waals surface area (Å²) in [6.45, 7) is 2.48. The molecule has 0 saturated heterocycles. The predicted octanol–water partition coefficient (Wildman–Crippen LogP) is 2.32. The minimum absolute atomic E-state index is 0.413. The zero-order valence-corrected chi connectivity index (χ0v) is 15.6. The Balaban J connectivity index is 1.70. The minimum Gasteiger partial charge on any atom is -0.494 e. The van der Waals surface area contributed by atoms with E-state index in [0.717, 1.165) is 11.3 Å². The summed E-state index contributed by atoms with van der Waals surface area (Å²) in [5, 5.41) is 1.24. The molecule has 0 radical (unpaired) electrons. The van der Waals surface area contributed by atoms with Crippen LogP contribution >= 0.6 is 0 Å². The van der Waals surface area contributed by atoms with E-state index < -0.39 is 11.9 Å². The molecule has 2 aliphatic heterocycles. The molecule has 3 aromatic carbocycles. The van der Waals surface area contributed by atoms with Crippen molar-refractivity contribution in [1.82, 2.24) is 0 Å². The molecule has 2 heterocycles. The first-order chi connectivity index (χ1) is 14.2. The Labute approximate surface area is 166 Å². The van der Waals surface area contributed by atoms with E-state index in [-0.39, 0.29) is 0 Å². The number of hydrogen-bond donors (Lipinski definition) is 0. The molecule has 0 N–H and O–H groups in total. The van der Waals surface area contributed by atoms with Gasteiger partial charge in [-0.15, -0.1) is 0 Å². The molecule has 3 aromatic rings. The maximum Gasteiger partial charge on any atom is 0.344 e. The first-order valence-corrected chi connectivity index (χ1v) is 9.31. The van der Waals surface area contributed by atoms with Gasteiger partial charge < -0.3 is 14.2 Å². The van der Waals surface area contributed by atoms with Crippen LogP contribution in [0.15, 0.2) is 66.7 Å². The average molecular weight is 384 g/mol. The van der Waals surface area contributed by atoms with Crippen LogP contribution in [0.4, 0.5) is 0 Å². The van der Waals surface area contributed by atoms with Gasteiger partial charge in [0.25, 0.3) is 0 Å². The van der Waals surface area contributed by atoms with Crippen molar-refractivity contribution < 1.29 is 23.8 Å². The van der Waals surface area contributed by atoms with Gasteiger partial charge in [-0.3, -0.25) is 0 Å². The fraction of sp³-hybridized carbons (Fsp3) is 0.0833. The van der Waals surface area contributed by atoms with Gasteiger partial charge in [-0.2, -0.15) is 0 Å². The van der Waals surface area contributed by atoms with Crippen molar-refractivity contribution >= 4 is 23.1 Å². The summed E-state index contributed by atoms with van der Waals surface area (Å²) in [4.78, 5) is 25.1. The third-order valence-electron chi connectivity index (χ3n) is 4.95. The highest BCUT2D eigenvalue weighted by Gasteiger charge is 2.30. The standard InChI is InChI=1S/C24H16O5/c1-2-27-16-10-8-15(9-11-16)22-18-13-19-17(12-20(18)29-24(22)26)21(23(25)28-19)14-6-4-3-5-7-14/h3-13H,2H2,1H3. The third kappa shape index (κ3) is 2.79. The predicted molar refractivity (Wildman–Crippen MR) is 106 cm³/mol. The van der Waals surface area contributed by atoms with Crippen molar-refractivity contribution in [1.29, 1.82) is 0 Å². The second-order valence-electron chi connectivity index (χ2n) is 6.70. The van der Waals surface area contributed by atoms with Gasteiger partial charge in [-0.25, -0.2) is 9.59 Å². The molecule has 0 aromatic heterocycles. The Bertz CT molecular complexity index is 1270. The number of ether oxygens (including phenoxy) is 3. The van der Waals surface area contributed by atoms with E-state index >= 15 is 0 Å². The van der Waals surface area contributed by atoms with Crippen molar-refractivity contribution in [3.8, 4) is 17.2 Å². The fourth-order valence-electron chi connectivity index (χ4n) is 3.68.